The molecule has 3 atom stereocenters. The molecular weight excluding hydrogens is 132 g/mol. The Kier molecular flexibility index (Phi) is 3.99. The summed E-state index contributed by atoms with van der Waals surface area (Å²) in [7, 11) is 0. The molecule has 0 aromatic rings. The summed E-state index contributed by atoms with van der Waals surface area (Å²) in [5.74, 6) is 4.57. The molecule has 0 unspecified atom stereocenters. The molecule has 0 rings (SSSR count). The third kappa shape index (κ3) is 2.80. The average Bonchev–Trinajstić information content (AvgIpc) is 1.87. The first-order valence-corrected chi connectivity index (χ1v) is 3.19. The molecule has 0 aromatic heterocycles. The van der Waals surface area contributed by atoms with Crippen molar-refractivity contribution < 1.29 is 10.2 Å². The number of nitrogens with zero attached hydrogens (tertiary/aromatic N) is 1. The Bertz CT molecular complexity index is 114. The summed E-state index contributed by atoms with van der Waals surface area (Å²) in [6.07, 6.45) is -0.102. The highest BCUT2D eigenvalue weighted by molar-refractivity contribution is 5.62. The number of hydrogen-bond acceptors (Lipinski definition) is 4. The molecule has 0 saturated heterocycles. The zero-order valence-electron chi connectivity index (χ0n) is 6.23. The monoisotopic (exact) mass is 146 g/mol. The van der Waals surface area contributed by atoms with Crippen LogP contribution < -0.4 is 5.84 Å². The molecule has 0 aromatic carbocycles. The van der Waals surface area contributed by atoms with Crippen molar-refractivity contribution in [2.45, 2.75) is 26.1 Å². The molecular formula is C6H14N2O2. The minimum Gasteiger partial charge on any atom is -0.393 e. The summed E-state index contributed by atoms with van der Waals surface area (Å²) >= 11 is 0. The Hall–Kier alpha value is -0.610. The largest absolute Gasteiger partial charge is 0.393 e. The van der Waals surface area contributed by atoms with E-state index in [0.29, 0.717) is 0 Å². The highest BCUT2D eigenvalue weighted by atomic mass is 16.3. The van der Waals surface area contributed by atoms with E-state index < -0.39 is 12.2 Å². The van der Waals surface area contributed by atoms with Gasteiger partial charge in [0.1, 0.15) is 0 Å². The lowest BCUT2D eigenvalue weighted by atomic mass is 10.0. The van der Waals surface area contributed by atoms with E-state index in [1.54, 1.807) is 13.8 Å². The number of rotatable bonds is 3. The normalized spacial score (nSPS) is 20.8. The summed E-state index contributed by atoms with van der Waals surface area (Å²) < 4.78 is 0. The highest BCUT2D eigenvalue weighted by Crippen LogP contribution is 2.05. The fourth-order valence-corrected chi connectivity index (χ4v) is 0.509. The van der Waals surface area contributed by atoms with Gasteiger partial charge in [0.25, 0.3) is 0 Å². The van der Waals surface area contributed by atoms with Gasteiger partial charge >= 0.3 is 0 Å². The highest BCUT2D eigenvalue weighted by Gasteiger charge is 2.16. The van der Waals surface area contributed by atoms with E-state index >= 15 is 0 Å². The van der Waals surface area contributed by atoms with Crippen molar-refractivity contribution in [1.29, 1.82) is 0 Å². The van der Waals surface area contributed by atoms with Crippen LogP contribution in [0.5, 0.6) is 0 Å². The molecule has 0 radical (unpaired) electrons. The number of hydrazone groups is 1. The van der Waals surface area contributed by atoms with Crippen molar-refractivity contribution in [1.82, 2.24) is 0 Å². The summed E-state index contributed by atoms with van der Waals surface area (Å²) in [6, 6.07) is 0. The van der Waals surface area contributed by atoms with Crippen molar-refractivity contribution in [2.75, 3.05) is 0 Å². The van der Waals surface area contributed by atoms with Crippen LogP contribution in [0.25, 0.3) is 0 Å². The van der Waals surface area contributed by atoms with Gasteiger partial charge in [-0.25, -0.2) is 0 Å². The molecule has 0 heterocycles. The topological polar surface area (TPSA) is 78.8 Å². The molecule has 10 heavy (non-hydrogen) atoms. The molecule has 0 saturated carbocycles. The lowest BCUT2D eigenvalue weighted by Crippen LogP contribution is -2.28. The molecule has 60 valence electrons. The Balaban J connectivity index is 3.81. The van der Waals surface area contributed by atoms with Gasteiger partial charge in [0.05, 0.1) is 18.4 Å². The predicted molar refractivity (Wildman–Crippen MR) is 39.5 cm³/mol. The van der Waals surface area contributed by atoms with Gasteiger partial charge < -0.3 is 16.1 Å². The first-order chi connectivity index (χ1) is 4.59. The summed E-state index contributed by atoms with van der Waals surface area (Å²) in [5, 5.41) is 21.2. The van der Waals surface area contributed by atoms with Crippen LogP contribution in [0.1, 0.15) is 13.8 Å². The third-order valence-electron chi connectivity index (χ3n) is 1.54. The Morgan fingerprint density at radius 2 is 1.90 bits per heavy atom. The van der Waals surface area contributed by atoms with Crippen molar-refractivity contribution >= 4 is 6.21 Å². The van der Waals surface area contributed by atoms with Gasteiger partial charge in [0.15, 0.2) is 0 Å². The van der Waals surface area contributed by atoms with E-state index in [2.05, 4.69) is 5.10 Å². The minimum atomic E-state index is -0.759. The minimum absolute atomic E-state index is 0.229. The van der Waals surface area contributed by atoms with Crippen LogP contribution >= 0.6 is 0 Å². The summed E-state index contributed by atoms with van der Waals surface area (Å²) in [5.41, 5.74) is 0. The standard InChI is InChI=1S/C6H14N2O2/c1-4(5(2)9)6(10)3-8-7/h3-6,9-10H,7H2,1-2H3/b8-3+/t4-,5-,6+/m0/s1. The predicted octanol–water partition coefficient (Wildman–Crippen LogP) is -0.691. The Labute approximate surface area is 60.4 Å². The van der Waals surface area contributed by atoms with Gasteiger partial charge in [-0.3, -0.25) is 0 Å². The number of nitrogens with two attached hydrogens (primary N) is 1. The molecule has 0 aliphatic rings. The molecule has 4 N–H and O–H groups in total. The SMILES string of the molecule is C[C@@H]([C@H](C)O)[C@H](O)/C=N/N. The summed E-state index contributed by atoms with van der Waals surface area (Å²) in [6.45, 7) is 3.33. The molecule has 4 heteroatoms. The van der Waals surface area contributed by atoms with Crippen LogP contribution in [-0.2, 0) is 0 Å². The fourth-order valence-electron chi connectivity index (χ4n) is 0.509. The smallest absolute Gasteiger partial charge is 0.0958 e. The molecule has 4 nitrogen and oxygen atoms in total. The Morgan fingerprint density at radius 3 is 2.20 bits per heavy atom. The van der Waals surface area contributed by atoms with Gasteiger partial charge in [0.2, 0.25) is 0 Å². The fraction of sp³-hybridized carbons (Fsp3) is 0.833. The van der Waals surface area contributed by atoms with Crippen LogP contribution in [0.3, 0.4) is 0 Å². The van der Waals surface area contributed by atoms with Crippen molar-refractivity contribution in [3.63, 3.8) is 0 Å². The van der Waals surface area contributed by atoms with Gasteiger partial charge in [-0.05, 0) is 6.92 Å². The summed E-state index contributed by atoms with van der Waals surface area (Å²) in [4.78, 5) is 0. The average molecular weight is 146 g/mol. The van der Waals surface area contributed by atoms with Gasteiger partial charge in [-0.2, -0.15) is 5.10 Å². The first kappa shape index (κ1) is 9.39. The molecule has 0 aliphatic carbocycles. The second-order valence-electron chi connectivity index (χ2n) is 2.39. The van der Waals surface area contributed by atoms with Crippen molar-refractivity contribution in [3.8, 4) is 0 Å². The Morgan fingerprint density at radius 1 is 1.40 bits per heavy atom. The van der Waals surface area contributed by atoms with Crippen LogP contribution in [0.4, 0.5) is 0 Å². The second kappa shape index (κ2) is 4.24. The van der Waals surface area contributed by atoms with Crippen molar-refractivity contribution in [2.24, 2.45) is 16.9 Å². The lowest BCUT2D eigenvalue weighted by Gasteiger charge is -2.16. The molecule has 0 fully saturated rings. The third-order valence-corrected chi connectivity index (χ3v) is 1.54. The van der Waals surface area contributed by atoms with E-state index in [1.165, 1.54) is 6.21 Å². The first-order valence-electron chi connectivity index (χ1n) is 3.19. The quantitative estimate of drug-likeness (QED) is 0.280. The molecule has 0 spiro atoms. The molecule has 0 aliphatic heterocycles. The zero-order chi connectivity index (χ0) is 8.15. The maximum Gasteiger partial charge on any atom is 0.0958 e. The van der Waals surface area contributed by atoms with E-state index in [-0.39, 0.29) is 5.92 Å². The maximum absolute atomic E-state index is 9.10. The van der Waals surface area contributed by atoms with Gasteiger partial charge in [0, 0.05) is 5.92 Å². The van der Waals surface area contributed by atoms with Crippen LogP contribution in [0.15, 0.2) is 5.10 Å². The number of aliphatic hydroxyl groups excluding tert-OH is 2. The zero-order valence-corrected chi connectivity index (χ0v) is 6.23. The van der Waals surface area contributed by atoms with Gasteiger partial charge in [-0.1, -0.05) is 6.92 Å². The number of hydrogen-bond donors (Lipinski definition) is 3. The van der Waals surface area contributed by atoms with Crippen molar-refractivity contribution in [3.05, 3.63) is 0 Å². The van der Waals surface area contributed by atoms with E-state index in [4.69, 9.17) is 16.1 Å². The van der Waals surface area contributed by atoms with Gasteiger partial charge in [-0.15, -0.1) is 0 Å². The second-order valence-corrected chi connectivity index (χ2v) is 2.39. The molecule has 0 amide bonds. The van der Waals surface area contributed by atoms with Crippen LogP contribution in [0.2, 0.25) is 0 Å². The van der Waals surface area contributed by atoms with Crippen LogP contribution in [-0.4, -0.2) is 28.6 Å². The van der Waals surface area contributed by atoms with E-state index in [9.17, 15) is 0 Å². The lowest BCUT2D eigenvalue weighted by molar-refractivity contribution is 0.0677. The van der Waals surface area contributed by atoms with Crippen LogP contribution in [0, 0.1) is 5.92 Å². The van der Waals surface area contributed by atoms with E-state index in [0.717, 1.165) is 0 Å². The van der Waals surface area contributed by atoms with E-state index in [1.807, 2.05) is 0 Å². The molecule has 0 bridgehead atoms. The maximum atomic E-state index is 9.10. The number of aliphatic hydroxyl groups is 2.